The first-order valence-electron chi connectivity index (χ1n) is 15.5. The maximum atomic E-state index is 13.4. The number of amides is 1. The average molecular weight is 750 g/mol. The summed E-state index contributed by atoms with van der Waals surface area (Å²) in [6, 6.07) is 14.9. The standard InChI is InChI=1S/C32H36ClN5O10S2/c1-18(35-24(31(40)41)12-9-19-5-3-2-4-6-19)30(39)38-17-22(14-26(38)32(42)43)48-21-10-7-20(8-11-21)13-29-36-25-15-23(33)27(49(34,44)45)16-28(25)50(46,47)37-29/h2-8,10-11,15-16,18,22,24,26,29,35-37H,9,12-14,17H2,1H3,(H,40,41)(H,42,43)(H2,34,44,45)/t18-,22-,24-,26-,29?/m0/s1. The highest BCUT2D eigenvalue weighted by atomic mass is 35.5. The van der Waals surface area contributed by atoms with E-state index in [0.29, 0.717) is 17.7 Å². The summed E-state index contributed by atoms with van der Waals surface area (Å²) in [6.45, 7) is 1.47. The van der Waals surface area contributed by atoms with Crippen LogP contribution in [-0.4, -0.2) is 86.7 Å². The van der Waals surface area contributed by atoms with Gasteiger partial charge in [-0.3, -0.25) is 14.9 Å². The Hall–Kier alpha value is -4.26. The number of halogens is 1. The van der Waals surface area contributed by atoms with Crippen molar-refractivity contribution < 1.29 is 46.2 Å². The quantitative estimate of drug-likeness (QED) is 0.147. The van der Waals surface area contributed by atoms with Crippen molar-refractivity contribution in [1.29, 1.82) is 0 Å². The fraction of sp³-hybridized carbons (Fsp3) is 0.344. The number of carbonyl (C=O) groups excluding carboxylic acids is 1. The monoisotopic (exact) mass is 749 g/mol. The van der Waals surface area contributed by atoms with Gasteiger partial charge in [-0.1, -0.05) is 54.1 Å². The molecule has 5 atom stereocenters. The fourth-order valence-corrected chi connectivity index (χ4v) is 8.49. The van der Waals surface area contributed by atoms with E-state index in [4.69, 9.17) is 21.5 Å². The Morgan fingerprint density at radius 2 is 1.76 bits per heavy atom. The van der Waals surface area contributed by atoms with Gasteiger partial charge < -0.3 is 25.2 Å². The number of rotatable bonds is 13. The number of ether oxygens (including phenoxy) is 1. The average Bonchev–Trinajstić information content (AvgIpc) is 3.46. The highest BCUT2D eigenvalue weighted by molar-refractivity contribution is 7.90. The SMILES string of the molecule is C[C@H](N[C@@H](CCc1ccccc1)C(=O)O)C(=O)N1C[C@@H](Oc2ccc(CC3Nc4cc(Cl)c(S(N)(=O)=O)cc4S(=O)(=O)N3)cc2)C[C@H]1C(=O)O. The number of aliphatic carboxylic acids is 2. The molecule has 3 aromatic carbocycles. The van der Waals surface area contributed by atoms with Crippen LogP contribution in [0.3, 0.4) is 0 Å². The lowest BCUT2D eigenvalue weighted by atomic mass is 10.0. The molecule has 0 radical (unpaired) electrons. The molecule has 1 amide bonds. The van der Waals surface area contributed by atoms with E-state index in [1.807, 2.05) is 30.3 Å². The Kier molecular flexibility index (Phi) is 11.0. The summed E-state index contributed by atoms with van der Waals surface area (Å²) < 4.78 is 57.9. The number of nitrogens with one attached hydrogen (secondary N) is 3. The van der Waals surface area contributed by atoms with E-state index in [-0.39, 0.29) is 41.4 Å². The molecule has 5 rings (SSSR count). The number of benzene rings is 3. The number of nitrogens with zero attached hydrogens (tertiary/aromatic N) is 1. The van der Waals surface area contributed by atoms with Crippen LogP contribution in [-0.2, 0) is 47.3 Å². The van der Waals surface area contributed by atoms with E-state index < -0.39 is 73.2 Å². The third-order valence-electron chi connectivity index (χ3n) is 8.44. The highest BCUT2D eigenvalue weighted by Gasteiger charge is 2.42. The number of carboxylic acid groups (broad SMARTS) is 2. The summed E-state index contributed by atoms with van der Waals surface area (Å²) in [4.78, 5) is 37.8. The van der Waals surface area contributed by atoms with Gasteiger partial charge >= 0.3 is 11.9 Å². The van der Waals surface area contributed by atoms with Gasteiger partial charge in [-0.25, -0.2) is 26.8 Å². The van der Waals surface area contributed by atoms with Gasteiger partial charge in [-0.05, 0) is 55.2 Å². The van der Waals surface area contributed by atoms with Gasteiger partial charge in [0.2, 0.25) is 26.0 Å². The van der Waals surface area contributed by atoms with Crippen molar-refractivity contribution in [2.24, 2.45) is 5.14 Å². The number of primary sulfonamides is 1. The maximum Gasteiger partial charge on any atom is 0.326 e. The largest absolute Gasteiger partial charge is 0.488 e. The number of nitrogens with two attached hydrogens (primary N) is 1. The number of sulfonamides is 2. The fourth-order valence-electron chi connectivity index (χ4n) is 6.00. The molecule has 0 spiro atoms. The second-order valence-corrected chi connectivity index (χ2v) is 15.7. The number of hydrogen-bond acceptors (Lipinski definition) is 10. The van der Waals surface area contributed by atoms with Crippen molar-refractivity contribution in [3.05, 3.63) is 82.9 Å². The first kappa shape index (κ1) is 37.0. The van der Waals surface area contributed by atoms with Gasteiger partial charge in [-0.2, -0.15) is 4.72 Å². The topological polar surface area (TPSA) is 235 Å². The molecule has 0 saturated carbocycles. The Morgan fingerprint density at radius 1 is 1.08 bits per heavy atom. The van der Waals surface area contributed by atoms with Crippen LogP contribution >= 0.6 is 11.6 Å². The Labute approximate surface area is 293 Å². The van der Waals surface area contributed by atoms with Crippen LogP contribution < -0.4 is 25.2 Å². The van der Waals surface area contributed by atoms with Crippen LogP contribution in [0.2, 0.25) is 5.02 Å². The summed E-state index contributed by atoms with van der Waals surface area (Å²) in [7, 11) is -8.38. The molecular weight excluding hydrogens is 714 g/mol. The Balaban J connectivity index is 1.19. The van der Waals surface area contributed by atoms with Gasteiger partial charge in [0.05, 0.1) is 29.5 Å². The highest BCUT2D eigenvalue weighted by Crippen LogP contribution is 2.34. The number of anilines is 1. The normalized spacial score (nSPS) is 21.0. The molecule has 3 aromatic rings. The lowest BCUT2D eigenvalue weighted by molar-refractivity contribution is -0.149. The van der Waals surface area contributed by atoms with Crippen molar-refractivity contribution in [2.45, 2.75) is 72.8 Å². The summed E-state index contributed by atoms with van der Waals surface area (Å²) >= 11 is 6.06. The zero-order chi connectivity index (χ0) is 36.4. The lowest BCUT2D eigenvalue weighted by Crippen LogP contribution is -2.53. The summed E-state index contributed by atoms with van der Waals surface area (Å²) in [5, 5.41) is 30.4. The van der Waals surface area contributed by atoms with Crippen LogP contribution in [0.25, 0.3) is 0 Å². The van der Waals surface area contributed by atoms with Gasteiger partial charge in [0.15, 0.2) is 0 Å². The first-order valence-corrected chi connectivity index (χ1v) is 18.9. The van der Waals surface area contributed by atoms with E-state index in [1.165, 1.54) is 17.9 Å². The molecule has 0 aromatic heterocycles. The van der Waals surface area contributed by atoms with Gasteiger partial charge in [0.25, 0.3) is 0 Å². The molecule has 7 N–H and O–H groups in total. The molecule has 50 heavy (non-hydrogen) atoms. The summed E-state index contributed by atoms with van der Waals surface area (Å²) in [5.41, 5.74) is 1.75. The molecule has 0 aliphatic carbocycles. The Bertz CT molecular complexity index is 1980. The number of aryl methyl sites for hydroxylation is 1. The summed E-state index contributed by atoms with van der Waals surface area (Å²) in [6.07, 6.45) is -0.587. The van der Waals surface area contributed by atoms with Gasteiger partial charge in [-0.15, -0.1) is 0 Å². The molecule has 15 nitrogen and oxygen atoms in total. The number of likely N-dealkylation sites (tertiary alicyclic amines) is 1. The van der Waals surface area contributed by atoms with Crippen LogP contribution in [0.4, 0.5) is 5.69 Å². The van der Waals surface area contributed by atoms with Crippen molar-refractivity contribution in [2.75, 3.05) is 11.9 Å². The minimum absolute atomic E-state index is 0.00875. The van der Waals surface area contributed by atoms with Crippen molar-refractivity contribution in [3.63, 3.8) is 0 Å². The molecule has 1 fully saturated rings. The third kappa shape index (κ3) is 8.72. The van der Waals surface area contributed by atoms with Gasteiger partial charge in [0, 0.05) is 12.8 Å². The number of carboxylic acids is 2. The predicted molar refractivity (Wildman–Crippen MR) is 182 cm³/mol. The minimum atomic E-state index is -4.26. The van der Waals surface area contributed by atoms with Gasteiger partial charge in [0.1, 0.15) is 33.7 Å². The van der Waals surface area contributed by atoms with Crippen LogP contribution in [0.1, 0.15) is 30.9 Å². The van der Waals surface area contributed by atoms with E-state index in [0.717, 1.165) is 11.6 Å². The van der Waals surface area contributed by atoms with E-state index >= 15 is 0 Å². The number of carbonyl (C=O) groups is 3. The third-order valence-corrected chi connectivity index (χ3v) is 11.3. The van der Waals surface area contributed by atoms with Crippen molar-refractivity contribution in [1.82, 2.24) is 14.9 Å². The van der Waals surface area contributed by atoms with Crippen LogP contribution in [0.15, 0.2) is 76.5 Å². The molecule has 2 aliphatic heterocycles. The molecule has 2 heterocycles. The van der Waals surface area contributed by atoms with Crippen molar-refractivity contribution in [3.8, 4) is 5.75 Å². The maximum absolute atomic E-state index is 13.4. The summed E-state index contributed by atoms with van der Waals surface area (Å²) in [5.74, 6) is -2.50. The first-order chi connectivity index (χ1) is 23.5. The zero-order valence-corrected chi connectivity index (χ0v) is 29.0. The number of fused-ring (bicyclic) bond motifs is 1. The molecule has 18 heteroatoms. The van der Waals surface area contributed by atoms with E-state index in [2.05, 4.69) is 15.4 Å². The predicted octanol–water partition coefficient (Wildman–Crippen LogP) is 1.76. The minimum Gasteiger partial charge on any atom is -0.488 e. The Morgan fingerprint density at radius 3 is 2.38 bits per heavy atom. The van der Waals surface area contributed by atoms with E-state index in [1.54, 1.807) is 24.3 Å². The molecule has 1 saturated heterocycles. The zero-order valence-electron chi connectivity index (χ0n) is 26.7. The smallest absolute Gasteiger partial charge is 0.326 e. The van der Waals surface area contributed by atoms with Crippen LogP contribution in [0, 0.1) is 0 Å². The molecule has 1 unspecified atom stereocenters. The second kappa shape index (κ2) is 14.9. The second-order valence-electron chi connectivity index (χ2n) is 12.1. The van der Waals surface area contributed by atoms with Crippen molar-refractivity contribution >= 4 is 55.2 Å². The molecular formula is C32H36ClN5O10S2. The van der Waals surface area contributed by atoms with E-state index in [9.17, 15) is 41.4 Å². The molecule has 0 bridgehead atoms. The lowest BCUT2D eigenvalue weighted by Gasteiger charge is -2.28. The molecule has 268 valence electrons. The van der Waals surface area contributed by atoms with Crippen LogP contribution in [0.5, 0.6) is 5.75 Å². The number of hydrogen-bond donors (Lipinski definition) is 6. The molecule has 2 aliphatic rings.